The molecule has 0 N–H and O–H groups in total. The summed E-state index contributed by atoms with van der Waals surface area (Å²) in [6.45, 7) is 6.86. The summed E-state index contributed by atoms with van der Waals surface area (Å²) in [6.07, 6.45) is 25.7. The SMILES string of the molecule is CCCCCCCCCCCCCCCCC[CH]C(C)C. The van der Waals surface area contributed by atoms with Crippen molar-refractivity contribution < 1.29 is 0 Å². The predicted octanol–water partition coefficient (Wildman–Crippen LogP) is 8.11. The van der Waals surface area contributed by atoms with E-state index < -0.39 is 0 Å². The van der Waals surface area contributed by atoms with E-state index in [2.05, 4.69) is 27.2 Å². The predicted molar refractivity (Wildman–Crippen MR) is 98.7 cm³/mol. The number of hydrogen-bond donors (Lipinski definition) is 0. The molecule has 0 spiro atoms. The molecule has 0 aromatic heterocycles. The zero-order valence-corrected chi connectivity index (χ0v) is 15.5. The Kier molecular flexibility index (Phi) is 18.1. The van der Waals surface area contributed by atoms with E-state index in [4.69, 9.17) is 0 Å². The summed E-state index contributed by atoms with van der Waals surface area (Å²) in [5.74, 6) is 0.775. The van der Waals surface area contributed by atoms with Crippen molar-refractivity contribution in [3.63, 3.8) is 0 Å². The second-order valence-electron chi connectivity index (χ2n) is 7.22. The minimum atomic E-state index is 0.775. The normalized spacial score (nSPS) is 11.4. The molecule has 0 fully saturated rings. The van der Waals surface area contributed by atoms with Crippen molar-refractivity contribution >= 4 is 0 Å². The van der Waals surface area contributed by atoms with Gasteiger partial charge in [0, 0.05) is 0 Å². The zero-order chi connectivity index (χ0) is 15.6. The third kappa shape index (κ3) is 20.0. The largest absolute Gasteiger partial charge is 0.0654 e. The van der Waals surface area contributed by atoms with E-state index in [-0.39, 0.29) is 0 Å². The van der Waals surface area contributed by atoms with Crippen LogP contribution in [-0.4, -0.2) is 0 Å². The van der Waals surface area contributed by atoms with Gasteiger partial charge in [0.25, 0.3) is 0 Å². The molecule has 1 radical (unpaired) electrons. The van der Waals surface area contributed by atoms with Crippen LogP contribution in [0.2, 0.25) is 0 Å². The first-order chi connectivity index (χ1) is 10.3. The van der Waals surface area contributed by atoms with E-state index in [0.717, 1.165) is 5.92 Å². The van der Waals surface area contributed by atoms with Crippen LogP contribution in [0, 0.1) is 12.3 Å². The van der Waals surface area contributed by atoms with E-state index in [1.807, 2.05) is 0 Å². The Hall–Kier alpha value is 0. The third-order valence-electron chi connectivity index (χ3n) is 4.45. The molecular weight excluding hydrogens is 252 g/mol. The van der Waals surface area contributed by atoms with Crippen molar-refractivity contribution in [1.29, 1.82) is 0 Å². The van der Waals surface area contributed by atoms with Crippen molar-refractivity contribution in [3.05, 3.63) is 6.42 Å². The quantitative estimate of drug-likeness (QED) is 0.238. The Balaban J connectivity index is 2.93. The Bertz CT molecular complexity index is 171. The zero-order valence-electron chi connectivity index (χ0n) is 15.5. The van der Waals surface area contributed by atoms with Crippen molar-refractivity contribution in [1.82, 2.24) is 0 Å². The molecule has 0 aromatic carbocycles. The van der Waals surface area contributed by atoms with Gasteiger partial charge in [-0.2, -0.15) is 0 Å². The first-order valence-electron chi connectivity index (χ1n) is 10.1. The molecule has 0 bridgehead atoms. The van der Waals surface area contributed by atoms with Crippen molar-refractivity contribution in [2.24, 2.45) is 5.92 Å². The third-order valence-corrected chi connectivity index (χ3v) is 4.45. The van der Waals surface area contributed by atoms with Gasteiger partial charge in [-0.1, -0.05) is 117 Å². The fraction of sp³-hybridized carbons (Fsp3) is 0.952. The molecule has 0 unspecified atom stereocenters. The van der Waals surface area contributed by atoms with Crippen molar-refractivity contribution in [2.45, 2.75) is 124 Å². The average molecular weight is 296 g/mol. The van der Waals surface area contributed by atoms with Crippen LogP contribution < -0.4 is 0 Å². The minimum absolute atomic E-state index is 0.775. The summed E-state index contributed by atoms with van der Waals surface area (Å²) >= 11 is 0. The fourth-order valence-electron chi connectivity index (χ4n) is 2.97. The van der Waals surface area contributed by atoms with E-state index >= 15 is 0 Å². The molecule has 0 heteroatoms. The molecule has 0 saturated carbocycles. The van der Waals surface area contributed by atoms with Crippen LogP contribution >= 0.6 is 0 Å². The first kappa shape index (κ1) is 21.0. The molecule has 21 heavy (non-hydrogen) atoms. The topological polar surface area (TPSA) is 0 Å². The van der Waals surface area contributed by atoms with Crippen LogP contribution in [0.5, 0.6) is 0 Å². The summed E-state index contributed by atoms with van der Waals surface area (Å²) in [6, 6.07) is 0. The lowest BCUT2D eigenvalue weighted by molar-refractivity contribution is 0.530. The summed E-state index contributed by atoms with van der Waals surface area (Å²) in [7, 11) is 0. The van der Waals surface area contributed by atoms with Crippen molar-refractivity contribution in [2.75, 3.05) is 0 Å². The highest BCUT2D eigenvalue weighted by molar-refractivity contribution is 4.68. The van der Waals surface area contributed by atoms with Gasteiger partial charge in [-0.3, -0.25) is 0 Å². The Labute approximate surface area is 136 Å². The van der Waals surface area contributed by atoms with Gasteiger partial charge in [-0.15, -0.1) is 0 Å². The van der Waals surface area contributed by atoms with Crippen LogP contribution in [0.4, 0.5) is 0 Å². The maximum Gasteiger partial charge on any atom is -0.0360 e. The van der Waals surface area contributed by atoms with Crippen LogP contribution in [-0.2, 0) is 0 Å². The molecule has 0 nitrogen and oxygen atoms in total. The van der Waals surface area contributed by atoms with Gasteiger partial charge in [0.15, 0.2) is 0 Å². The lowest BCUT2D eigenvalue weighted by Gasteiger charge is -2.04. The Morgan fingerprint density at radius 1 is 0.524 bits per heavy atom. The number of unbranched alkanes of at least 4 members (excludes halogenated alkanes) is 15. The lowest BCUT2D eigenvalue weighted by atomic mass is 10.0. The first-order valence-corrected chi connectivity index (χ1v) is 10.1. The number of hydrogen-bond acceptors (Lipinski definition) is 0. The molecule has 0 atom stereocenters. The van der Waals surface area contributed by atoms with Gasteiger partial charge in [-0.05, 0) is 18.8 Å². The molecule has 0 amide bonds. The molecule has 0 aliphatic carbocycles. The maximum atomic E-state index is 2.46. The van der Waals surface area contributed by atoms with Gasteiger partial charge in [0.2, 0.25) is 0 Å². The van der Waals surface area contributed by atoms with Gasteiger partial charge < -0.3 is 0 Å². The van der Waals surface area contributed by atoms with Crippen LogP contribution in [0.1, 0.15) is 124 Å². The van der Waals surface area contributed by atoms with Gasteiger partial charge in [-0.25, -0.2) is 0 Å². The average Bonchev–Trinajstić information content (AvgIpc) is 2.46. The standard InChI is InChI=1S/C21H43/c1-4-5-6-7-8-9-10-11-12-13-14-15-16-17-18-19-20-21(2)3/h20-21H,4-19H2,1-3H3. The Morgan fingerprint density at radius 3 is 1.19 bits per heavy atom. The van der Waals surface area contributed by atoms with Crippen LogP contribution in [0.15, 0.2) is 0 Å². The maximum absolute atomic E-state index is 2.46. The smallest absolute Gasteiger partial charge is 0.0360 e. The second-order valence-corrected chi connectivity index (χ2v) is 7.22. The Morgan fingerprint density at radius 2 is 0.857 bits per heavy atom. The highest BCUT2D eigenvalue weighted by Crippen LogP contribution is 2.14. The highest BCUT2D eigenvalue weighted by Gasteiger charge is 1.96. The van der Waals surface area contributed by atoms with Crippen molar-refractivity contribution in [3.8, 4) is 0 Å². The molecule has 0 heterocycles. The number of rotatable bonds is 17. The fourth-order valence-corrected chi connectivity index (χ4v) is 2.97. The van der Waals surface area contributed by atoms with E-state index in [9.17, 15) is 0 Å². The van der Waals surface area contributed by atoms with E-state index in [0.29, 0.717) is 0 Å². The van der Waals surface area contributed by atoms with Crippen LogP contribution in [0.3, 0.4) is 0 Å². The molecular formula is C21H43. The second kappa shape index (κ2) is 18.1. The molecule has 0 aromatic rings. The van der Waals surface area contributed by atoms with Gasteiger partial charge >= 0.3 is 0 Å². The summed E-state index contributed by atoms with van der Waals surface area (Å²) in [5.41, 5.74) is 0. The van der Waals surface area contributed by atoms with E-state index in [1.165, 1.54) is 103 Å². The van der Waals surface area contributed by atoms with Gasteiger partial charge in [0.1, 0.15) is 0 Å². The molecule has 127 valence electrons. The monoisotopic (exact) mass is 295 g/mol. The summed E-state index contributed by atoms with van der Waals surface area (Å²) in [4.78, 5) is 0. The summed E-state index contributed by atoms with van der Waals surface area (Å²) < 4.78 is 0. The lowest BCUT2D eigenvalue weighted by Crippen LogP contribution is -1.88. The molecule has 0 saturated heterocycles. The van der Waals surface area contributed by atoms with Crippen LogP contribution in [0.25, 0.3) is 0 Å². The molecule has 0 aliphatic heterocycles. The molecule has 0 aliphatic rings. The van der Waals surface area contributed by atoms with E-state index in [1.54, 1.807) is 0 Å². The van der Waals surface area contributed by atoms with Gasteiger partial charge in [0.05, 0.1) is 0 Å². The highest BCUT2D eigenvalue weighted by atomic mass is 14.0. The molecule has 0 rings (SSSR count). The minimum Gasteiger partial charge on any atom is -0.0654 e. The summed E-state index contributed by atoms with van der Waals surface area (Å²) in [5, 5.41) is 0.